The molecule has 0 aliphatic heterocycles. The number of pyridine rings is 1. The molecular formula is C21H21ClN4O2S. The molecule has 8 heteroatoms. The van der Waals surface area contributed by atoms with E-state index >= 15 is 0 Å². The number of nitrogens with zero attached hydrogens (tertiary/aromatic N) is 3. The maximum atomic E-state index is 12.7. The van der Waals surface area contributed by atoms with Gasteiger partial charge in [0.25, 0.3) is 0 Å². The highest BCUT2D eigenvalue weighted by atomic mass is 35.5. The van der Waals surface area contributed by atoms with Crippen molar-refractivity contribution in [2.24, 2.45) is 0 Å². The molecule has 3 rings (SSSR count). The van der Waals surface area contributed by atoms with Crippen molar-refractivity contribution < 1.29 is 9.59 Å². The molecular weight excluding hydrogens is 408 g/mol. The van der Waals surface area contributed by atoms with Gasteiger partial charge in [-0.05, 0) is 43.7 Å². The Balaban J connectivity index is 1.61. The van der Waals surface area contributed by atoms with Crippen LogP contribution in [0, 0.1) is 6.92 Å². The van der Waals surface area contributed by atoms with Gasteiger partial charge in [-0.2, -0.15) is 0 Å². The third kappa shape index (κ3) is 5.62. The number of benzene rings is 1. The molecule has 0 unspecified atom stereocenters. The molecule has 1 aromatic carbocycles. The van der Waals surface area contributed by atoms with Gasteiger partial charge in [-0.25, -0.2) is 4.98 Å². The van der Waals surface area contributed by atoms with Crippen molar-refractivity contribution in [3.8, 4) is 10.7 Å². The number of aryl methyl sites for hydroxylation is 1. The molecule has 6 nitrogen and oxygen atoms in total. The van der Waals surface area contributed by atoms with Crippen LogP contribution in [0.1, 0.15) is 18.2 Å². The Bertz CT molecular complexity index is 1010. The molecule has 2 heterocycles. The zero-order chi connectivity index (χ0) is 20.8. The molecule has 0 aliphatic carbocycles. The first-order valence-electron chi connectivity index (χ1n) is 9.16. The number of carbonyl (C=O) groups excluding carboxylic acids is 2. The molecule has 0 fully saturated rings. The van der Waals surface area contributed by atoms with E-state index in [0.717, 1.165) is 16.3 Å². The number of hydrogen-bond acceptors (Lipinski definition) is 5. The summed E-state index contributed by atoms with van der Waals surface area (Å²) >= 11 is 7.44. The van der Waals surface area contributed by atoms with E-state index < -0.39 is 0 Å². The van der Waals surface area contributed by atoms with Gasteiger partial charge in [0, 0.05) is 28.8 Å². The number of nitrogens with one attached hydrogen (secondary N) is 1. The molecule has 1 N–H and O–H groups in total. The topological polar surface area (TPSA) is 75.2 Å². The number of thiazole rings is 1. The number of halogens is 1. The number of aromatic nitrogens is 2. The fourth-order valence-corrected chi connectivity index (χ4v) is 3.70. The van der Waals surface area contributed by atoms with Gasteiger partial charge in [-0.1, -0.05) is 23.7 Å². The highest BCUT2D eigenvalue weighted by Crippen LogP contribution is 2.22. The van der Waals surface area contributed by atoms with Crippen molar-refractivity contribution in [2.45, 2.75) is 20.3 Å². The van der Waals surface area contributed by atoms with Crippen LogP contribution < -0.4 is 5.32 Å². The Hall–Kier alpha value is -2.77. The number of carbonyl (C=O) groups is 2. The summed E-state index contributed by atoms with van der Waals surface area (Å²) in [6.07, 6.45) is 1.85. The van der Waals surface area contributed by atoms with Crippen LogP contribution in [0.15, 0.2) is 48.0 Å². The Morgan fingerprint density at radius 1 is 1.24 bits per heavy atom. The summed E-state index contributed by atoms with van der Waals surface area (Å²) in [5.41, 5.74) is 3.00. The van der Waals surface area contributed by atoms with E-state index in [1.807, 2.05) is 43.5 Å². The van der Waals surface area contributed by atoms with E-state index in [0.29, 0.717) is 22.9 Å². The quantitative estimate of drug-likeness (QED) is 0.612. The van der Waals surface area contributed by atoms with Crippen LogP contribution in [0.4, 0.5) is 5.69 Å². The smallest absolute Gasteiger partial charge is 0.244 e. The maximum Gasteiger partial charge on any atom is 0.244 e. The summed E-state index contributed by atoms with van der Waals surface area (Å²) in [6.45, 7) is 4.13. The minimum absolute atomic E-state index is 0.0292. The second-order valence-corrected chi connectivity index (χ2v) is 7.75. The van der Waals surface area contributed by atoms with Crippen LogP contribution in [-0.2, 0) is 16.0 Å². The predicted molar refractivity (Wildman–Crippen MR) is 116 cm³/mol. The van der Waals surface area contributed by atoms with Crippen LogP contribution in [0.2, 0.25) is 5.02 Å². The first-order chi connectivity index (χ1) is 14.0. The zero-order valence-electron chi connectivity index (χ0n) is 16.2. The first kappa shape index (κ1) is 21.0. The van der Waals surface area contributed by atoms with Crippen LogP contribution in [0.5, 0.6) is 0 Å². The summed E-state index contributed by atoms with van der Waals surface area (Å²) in [6, 6.07) is 10.9. The molecule has 0 spiro atoms. The number of hydrogen-bond donors (Lipinski definition) is 1. The molecule has 3 aromatic rings. The van der Waals surface area contributed by atoms with E-state index in [1.165, 1.54) is 16.2 Å². The lowest BCUT2D eigenvalue weighted by molar-refractivity contribution is -0.133. The van der Waals surface area contributed by atoms with E-state index in [2.05, 4.69) is 15.3 Å². The molecule has 0 saturated carbocycles. The molecule has 2 amide bonds. The summed E-state index contributed by atoms with van der Waals surface area (Å²) in [4.78, 5) is 35.4. The Labute approximate surface area is 178 Å². The van der Waals surface area contributed by atoms with Gasteiger partial charge >= 0.3 is 0 Å². The third-order valence-electron chi connectivity index (χ3n) is 4.31. The van der Waals surface area contributed by atoms with Crippen molar-refractivity contribution in [3.05, 3.63) is 64.3 Å². The highest BCUT2D eigenvalue weighted by Gasteiger charge is 2.18. The molecule has 0 saturated heterocycles. The summed E-state index contributed by atoms with van der Waals surface area (Å²) in [5, 5.41) is 5.99. The lowest BCUT2D eigenvalue weighted by atomic mass is 10.2. The average Bonchev–Trinajstić information content (AvgIpc) is 3.18. The molecule has 150 valence electrons. The fraction of sp³-hybridized carbons (Fsp3) is 0.238. The number of likely N-dealkylation sites (N-methyl/N-ethyl adjacent to an activating group) is 1. The van der Waals surface area contributed by atoms with E-state index in [9.17, 15) is 9.59 Å². The van der Waals surface area contributed by atoms with Gasteiger partial charge in [0.2, 0.25) is 11.8 Å². The fourth-order valence-electron chi connectivity index (χ4n) is 2.73. The van der Waals surface area contributed by atoms with Crippen molar-refractivity contribution >= 4 is 40.4 Å². The normalized spacial score (nSPS) is 10.6. The van der Waals surface area contributed by atoms with Gasteiger partial charge in [0.1, 0.15) is 5.01 Å². The van der Waals surface area contributed by atoms with Gasteiger partial charge in [0.15, 0.2) is 0 Å². The van der Waals surface area contributed by atoms with E-state index in [4.69, 9.17) is 11.6 Å². The second-order valence-electron chi connectivity index (χ2n) is 6.45. The molecule has 2 aromatic heterocycles. The monoisotopic (exact) mass is 428 g/mol. The van der Waals surface area contributed by atoms with Crippen LogP contribution in [-0.4, -0.2) is 39.8 Å². The van der Waals surface area contributed by atoms with Crippen LogP contribution in [0.3, 0.4) is 0 Å². The van der Waals surface area contributed by atoms with E-state index in [-0.39, 0.29) is 24.8 Å². The van der Waals surface area contributed by atoms with Crippen molar-refractivity contribution in [2.75, 3.05) is 18.4 Å². The third-order valence-corrected chi connectivity index (χ3v) is 5.46. The average molecular weight is 429 g/mol. The Kier molecular flexibility index (Phi) is 6.95. The summed E-state index contributed by atoms with van der Waals surface area (Å²) < 4.78 is 0. The van der Waals surface area contributed by atoms with Crippen molar-refractivity contribution in [1.82, 2.24) is 14.9 Å². The van der Waals surface area contributed by atoms with Gasteiger partial charge in [0.05, 0.1) is 24.4 Å². The molecule has 0 radical (unpaired) electrons. The van der Waals surface area contributed by atoms with Crippen molar-refractivity contribution in [1.29, 1.82) is 0 Å². The lowest BCUT2D eigenvalue weighted by Gasteiger charge is -2.20. The SMILES string of the molecule is CCN(CC(=O)Nc1cc(Cl)ccc1C)C(=O)Cc1csc(-c2ccccn2)n1. The van der Waals surface area contributed by atoms with Crippen molar-refractivity contribution in [3.63, 3.8) is 0 Å². The number of anilines is 1. The molecule has 0 atom stereocenters. The predicted octanol–water partition coefficient (Wildman–Crippen LogP) is 4.20. The Morgan fingerprint density at radius 2 is 2.07 bits per heavy atom. The van der Waals surface area contributed by atoms with E-state index in [1.54, 1.807) is 18.3 Å². The molecule has 29 heavy (non-hydrogen) atoms. The number of amides is 2. The summed E-state index contributed by atoms with van der Waals surface area (Å²) in [7, 11) is 0. The number of rotatable bonds is 7. The Morgan fingerprint density at radius 3 is 2.79 bits per heavy atom. The van der Waals surface area contributed by atoms with Crippen LogP contribution in [0.25, 0.3) is 10.7 Å². The first-order valence-corrected chi connectivity index (χ1v) is 10.4. The van der Waals surface area contributed by atoms with Gasteiger partial charge in [-0.15, -0.1) is 11.3 Å². The molecule has 0 aliphatic rings. The maximum absolute atomic E-state index is 12.7. The second kappa shape index (κ2) is 9.62. The zero-order valence-corrected chi connectivity index (χ0v) is 17.8. The lowest BCUT2D eigenvalue weighted by Crippen LogP contribution is -2.38. The largest absolute Gasteiger partial charge is 0.333 e. The van der Waals surface area contributed by atoms with Crippen LogP contribution >= 0.6 is 22.9 Å². The standard InChI is InChI=1S/C21H21ClN4O2S/c1-3-26(12-19(27)25-18-10-15(22)8-7-14(18)2)20(28)11-16-13-29-21(24-16)17-6-4-5-9-23-17/h4-10,13H,3,11-12H2,1-2H3,(H,25,27). The van der Waals surface area contributed by atoms with Gasteiger partial charge in [-0.3, -0.25) is 14.6 Å². The summed E-state index contributed by atoms with van der Waals surface area (Å²) in [5.74, 6) is -0.415. The molecule has 0 bridgehead atoms. The van der Waals surface area contributed by atoms with Gasteiger partial charge < -0.3 is 10.2 Å². The minimum atomic E-state index is -0.266. The minimum Gasteiger partial charge on any atom is -0.333 e. The highest BCUT2D eigenvalue weighted by molar-refractivity contribution is 7.13.